The molecule has 1 aliphatic heterocycles. The predicted octanol–water partition coefficient (Wildman–Crippen LogP) is 2.52. The lowest BCUT2D eigenvalue weighted by Gasteiger charge is -2.23. The number of hydrogen-bond donors (Lipinski definition) is 0. The van der Waals surface area contributed by atoms with E-state index >= 15 is 0 Å². The van der Waals surface area contributed by atoms with Crippen LogP contribution in [-0.2, 0) is 15.1 Å². The maximum atomic E-state index is 13.4. The second-order valence-electron chi connectivity index (χ2n) is 3.83. The van der Waals surface area contributed by atoms with Gasteiger partial charge in [0.05, 0.1) is 0 Å². The zero-order valence-electron chi connectivity index (χ0n) is 8.22. The number of ether oxygens (including phenoxy) is 1. The Kier molecular flexibility index (Phi) is 2.21. The molecule has 1 unspecified atom stereocenters. The van der Waals surface area contributed by atoms with Crippen molar-refractivity contribution in [2.75, 3.05) is 0 Å². The zero-order valence-corrected chi connectivity index (χ0v) is 8.22. The van der Waals surface area contributed by atoms with Gasteiger partial charge < -0.3 is 4.74 Å². The second kappa shape index (κ2) is 3.29. The molecule has 1 aliphatic rings. The Hall–Kier alpha value is -1.45. The Morgan fingerprint density at radius 1 is 1.40 bits per heavy atom. The van der Waals surface area contributed by atoms with E-state index in [1.54, 1.807) is 6.92 Å². The number of esters is 1. The highest BCUT2D eigenvalue weighted by Crippen LogP contribution is 2.37. The molecule has 2 nitrogen and oxygen atoms in total. The van der Waals surface area contributed by atoms with E-state index in [0.717, 1.165) is 18.2 Å². The third kappa shape index (κ3) is 1.71. The number of halogens is 2. The van der Waals surface area contributed by atoms with Crippen molar-refractivity contribution in [2.24, 2.45) is 0 Å². The summed E-state index contributed by atoms with van der Waals surface area (Å²) >= 11 is 0. The lowest BCUT2D eigenvalue weighted by molar-refractivity contribution is -0.148. The van der Waals surface area contributed by atoms with Crippen LogP contribution in [-0.4, -0.2) is 5.97 Å². The Labute approximate surface area is 85.9 Å². The minimum atomic E-state index is -1.02. The monoisotopic (exact) mass is 212 g/mol. The molecule has 4 heteroatoms. The van der Waals surface area contributed by atoms with Crippen molar-refractivity contribution >= 4 is 5.97 Å². The van der Waals surface area contributed by atoms with Crippen molar-refractivity contribution < 1.29 is 18.3 Å². The van der Waals surface area contributed by atoms with Crippen molar-refractivity contribution in [3.63, 3.8) is 0 Å². The highest BCUT2D eigenvalue weighted by Gasteiger charge is 2.39. The number of cyclic esters (lactones) is 1. The van der Waals surface area contributed by atoms with Gasteiger partial charge in [-0.3, -0.25) is 4.79 Å². The van der Waals surface area contributed by atoms with E-state index in [0.29, 0.717) is 6.42 Å². The molecule has 1 saturated heterocycles. The first-order chi connectivity index (χ1) is 7.01. The maximum absolute atomic E-state index is 13.4. The van der Waals surface area contributed by atoms with Crippen LogP contribution in [0.15, 0.2) is 18.2 Å². The van der Waals surface area contributed by atoms with Gasteiger partial charge in [-0.25, -0.2) is 8.78 Å². The molecule has 0 amide bonds. The molecule has 15 heavy (non-hydrogen) atoms. The Balaban J connectivity index is 2.44. The number of carbonyl (C=O) groups is 1. The van der Waals surface area contributed by atoms with Gasteiger partial charge in [0, 0.05) is 18.4 Å². The summed E-state index contributed by atoms with van der Waals surface area (Å²) in [6.45, 7) is 1.59. The highest BCUT2D eigenvalue weighted by molar-refractivity contribution is 5.72. The molecule has 0 radical (unpaired) electrons. The van der Waals surface area contributed by atoms with Crippen LogP contribution >= 0.6 is 0 Å². The van der Waals surface area contributed by atoms with Crippen LogP contribution in [0, 0.1) is 11.6 Å². The smallest absolute Gasteiger partial charge is 0.306 e. The fourth-order valence-corrected chi connectivity index (χ4v) is 1.79. The zero-order chi connectivity index (χ0) is 11.1. The third-order valence-electron chi connectivity index (χ3n) is 2.64. The molecule has 1 heterocycles. The minimum Gasteiger partial charge on any atom is -0.454 e. The second-order valence-corrected chi connectivity index (χ2v) is 3.83. The molecular weight excluding hydrogens is 202 g/mol. The van der Waals surface area contributed by atoms with E-state index in [-0.39, 0.29) is 18.0 Å². The molecule has 2 rings (SSSR count). The van der Waals surface area contributed by atoms with Crippen molar-refractivity contribution in [1.82, 2.24) is 0 Å². The Bertz CT molecular complexity index is 417. The Morgan fingerprint density at radius 3 is 2.73 bits per heavy atom. The minimum absolute atomic E-state index is 0.105. The molecular formula is C11H10F2O2. The third-order valence-corrected chi connectivity index (χ3v) is 2.64. The van der Waals surface area contributed by atoms with Gasteiger partial charge in [0.15, 0.2) is 0 Å². The molecule has 0 bridgehead atoms. The summed E-state index contributed by atoms with van der Waals surface area (Å²) in [5.41, 5.74) is -0.920. The molecule has 1 aromatic rings. The molecule has 1 atom stereocenters. The topological polar surface area (TPSA) is 26.3 Å². The first kappa shape index (κ1) is 10.1. The van der Waals surface area contributed by atoms with Crippen molar-refractivity contribution in [2.45, 2.75) is 25.4 Å². The van der Waals surface area contributed by atoms with Crippen LogP contribution < -0.4 is 0 Å². The first-order valence-electron chi connectivity index (χ1n) is 4.69. The SMILES string of the molecule is CC1(c2cc(F)ccc2F)CCC(=O)O1. The van der Waals surface area contributed by atoms with E-state index in [2.05, 4.69) is 0 Å². The van der Waals surface area contributed by atoms with Crippen molar-refractivity contribution in [1.29, 1.82) is 0 Å². The average molecular weight is 212 g/mol. The summed E-state index contributed by atoms with van der Waals surface area (Å²) in [7, 11) is 0. The lowest BCUT2D eigenvalue weighted by Crippen LogP contribution is -2.22. The summed E-state index contributed by atoms with van der Waals surface area (Å²) in [6.07, 6.45) is 0.624. The van der Waals surface area contributed by atoms with Gasteiger partial charge in [-0.05, 0) is 25.1 Å². The molecule has 0 saturated carbocycles. The summed E-state index contributed by atoms with van der Waals surface area (Å²) in [5.74, 6) is -1.45. The van der Waals surface area contributed by atoms with Crippen molar-refractivity contribution in [3.05, 3.63) is 35.4 Å². The van der Waals surface area contributed by atoms with Crippen molar-refractivity contribution in [3.8, 4) is 0 Å². The number of carbonyl (C=O) groups excluding carboxylic acids is 1. The van der Waals surface area contributed by atoms with Gasteiger partial charge in [0.1, 0.15) is 17.2 Å². The molecule has 80 valence electrons. The first-order valence-corrected chi connectivity index (χ1v) is 4.69. The van der Waals surface area contributed by atoms with Gasteiger partial charge in [-0.2, -0.15) is 0 Å². The summed E-state index contributed by atoms with van der Waals surface area (Å²) in [5, 5.41) is 0. The standard InChI is InChI=1S/C11H10F2O2/c1-11(5-4-10(14)15-11)8-6-7(12)2-3-9(8)13/h2-3,6H,4-5H2,1H3. The largest absolute Gasteiger partial charge is 0.454 e. The average Bonchev–Trinajstić information content (AvgIpc) is 2.52. The fraction of sp³-hybridized carbons (Fsp3) is 0.364. The quantitative estimate of drug-likeness (QED) is 0.668. The van der Waals surface area contributed by atoms with Gasteiger partial charge >= 0.3 is 5.97 Å². The van der Waals surface area contributed by atoms with E-state index in [1.165, 1.54) is 0 Å². The molecule has 0 N–H and O–H groups in total. The van der Waals surface area contributed by atoms with Gasteiger partial charge in [-0.15, -0.1) is 0 Å². The van der Waals surface area contributed by atoms with Crippen LogP contribution in [0.25, 0.3) is 0 Å². The fourth-order valence-electron chi connectivity index (χ4n) is 1.79. The highest BCUT2D eigenvalue weighted by atomic mass is 19.1. The van der Waals surface area contributed by atoms with E-state index in [1.807, 2.05) is 0 Å². The Morgan fingerprint density at radius 2 is 2.13 bits per heavy atom. The summed E-state index contributed by atoms with van der Waals surface area (Å²) < 4.78 is 31.4. The molecule has 0 aromatic heterocycles. The predicted molar refractivity (Wildman–Crippen MR) is 49.0 cm³/mol. The summed E-state index contributed by atoms with van der Waals surface area (Å²) in [4.78, 5) is 11.0. The molecule has 1 fully saturated rings. The summed E-state index contributed by atoms with van der Waals surface area (Å²) in [6, 6.07) is 3.16. The number of hydrogen-bond acceptors (Lipinski definition) is 2. The van der Waals surface area contributed by atoms with Crippen LogP contribution in [0.1, 0.15) is 25.3 Å². The molecule has 0 spiro atoms. The van der Waals surface area contributed by atoms with Gasteiger partial charge in [0.2, 0.25) is 0 Å². The van der Waals surface area contributed by atoms with Crippen LogP contribution in [0.3, 0.4) is 0 Å². The number of rotatable bonds is 1. The van der Waals surface area contributed by atoms with E-state index in [4.69, 9.17) is 4.74 Å². The number of benzene rings is 1. The van der Waals surface area contributed by atoms with Crippen LogP contribution in [0.2, 0.25) is 0 Å². The normalized spacial score (nSPS) is 25.4. The molecule has 1 aromatic carbocycles. The van der Waals surface area contributed by atoms with E-state index < -0.39 is 17.2 Å². The van der Waals surface area contributed by atoms with E-state index in [9.17, 15) is 13.6 Å². The molecule has 0 aliphatic carbocycles. The lowest BCUT2D eigenvalue weighted by atomic mass is 9.92. The van der Waals surface area contributed by atoms with Crippen LogP contribution in [0.5, 0.6) is 0 Å². The van der Waals surface area contributed by atoms with Gasteiger partial charge in [0.25, 0.3) is 0 Å². The van der Waals surface area contributed by atoms with Gasteiger partial charge in [-0.1, -0.05) is 0 Å². The maximum Gasteiger partial charge on any atom is 0.306 e. The van der Waals surface area contributed by atoms with Crippen LogP contribution in [0.4, 0.5) is 8.78 Å².